The monoisotopic (exact) mass is 202 g/mol. The summed E-state index contributed by atoms with van der Waals surface area (Å²) in [5.74, 6) is -0.863. The lowest BCUT2D eigenvalue weighted by Crippen LogP contribution is -2.49. The van der Waals surface area contributed by atoms with Crippen LogP contribution >= 0.6 is 0 Å². The molecule has 0 bridgehead atoms. The molecule has 0 heterocycles. The summed E-state index contributed by atoms with van der Waals surface area (Å²) in [5.41, 5.74) is -1.05. The Hall–Kier alpha value is -0.610. The van der Waals surface area contributed by atoms with Crippen LogP contribution in [0.5, 0.6) is 0 Å². The highest BCUT2D eigenvalue weighted by Crippen LogP contribution is 2.36. The Labute approximate surface area is 83.9 Å². The van der Waals surface area contributed by atoms with Gasteiger partial charge in [-0.2, -0.15) is 0 Å². The van der Waals surface area contributed by atoms with Gasteiger partial charge in [-0.25, -0.2) is 4.79 Å². The molecule has 2 unspecified atom stereocenters. The second kappa shape index (κ2) is 4.75. The van der Waals surface area contributed by atoms with Gasteiger partial charge in [-0.1, -0.05) is 13.3 Å². The Morgan fingerprint density at radius 2 is 2.29 bits per heavy atom. The summed E-state index contributed by atoms with van der Waals surface area (Å²) in [5, 5.41) is 17.8. The van der Waals surface area contributed by atoms with E-state index < -0.39 is 11.6 Å². The molecule has 1 rings (SSSR count). The smallest absolute Gasteiger partial charge is 0.336 e. The maximum Gasteiger partial charge on any atom is 0.336 e. The van der Waals surface area contributed by atoms with Crippen LogP contribution in [0.25, 0.3) is 0 Å². The second-order valence-electron chi connectivity index (χ2n) is 3.91. The molecule has 1 fully saturated rings. The van der Waals surface area contributed by atoms with E-state index >= 15 is 0 Å². The summed E-state index contributed by atoms with van der Waals surface area (Å²) >= 11 is 0. The van der Waals surface area contributed by atoms with Crippen LogP contribution in [0.2, 0.25) is 0 Å². The van der Waals surface area contributed by atoms with Gasteiger partial charge < -0.3 is 14.9 Å². The first-order chi connectivity index (χ1) is 6.63. The quantitative estimate of drug-likeness (QED) is 0.714. The zero-order valence-electron chi connectivity index (χ0n) is 8.53. The largest absolute Gasteiger partial charge is 0.479 e. The van der Waals surface area contributed by atoms with Crippen LogP contribution in [0, 0.1) is 5.92 Å². The van der Waals surface area contributed by atoms with E-state index in [9.17, 15) is 9.90 Å². The number of aliphatic hydroxyl groups excluding tert-OH is 1. The predicted molar refractivity (Wildman–Crippen MR) is 51.0 cm³/mol. The number of ether oxygens (including phenoxy) is 1. The van der Waals surface area contributed by atoms with E-state index in [1.165, 1.54) is 0 Å². The van der Waals surface area contributed by atoms with Gasteiger partial charge in [-0.05, 0) is 25.2 Å². The molecule has 14 heavy (non-hydrogen) atoms. The Balaban J connectivity index is 2.72. The summed E-state index contributed by atoms with van der Waals surface area (Å²) in [6.45, 7) is 1.89. The SMILES string of the molecule is CC1CCCCC1(OCCO)C(=O)O. The predicted octanol–water partition coefficient (Wildman–Crippen LogP) is 1.03. The highest BCUT2D eigenvalue weighted by atomic mass is 16.5. The van der Waals surface area contributed by atoms with E-state index in [0.717, 1.165) is 19.3 Å². The third-order valence-corrected chi connectivity index (χ3v) is 3.04. The van der Waals surface area contributed by atoms with Gasteiger partial charge in [-0.15, -0.1) is 0 Å². The summed E-state index contributed by atoms with van der Waals surface area (Å²) in [6.07, 6.45) is 3.40. The minimum Gasteiger partial charge on any atom is -0.479 e. The molecule has 2 atom stereocenters. The maximum absolute atomic E-state index is 11.2. The number of hydrogen-bond acceptors (Lipinski definition) is 3. The topological polar surface area (TPSA) is 66.8 Å². The molecule has 0 aromatic carbocycles. The first-order valence-corrected chi connectivity index (χ1v) is 5.11. The molecule has 0 aromatic heterocycles. The van der Waals surface area contributed by atoms with Crippen molar-refractivity contribution in [2.45, 2.75) is 38.2 Å². The molecule has 1 aliphatic rings. The third-order valence-electron chi connectivity index (χ3n) is 3.04. The Morgan fingerprint density at radius 3 is 2.79 bits per heavy atom. The maximum atomic E-state index is 11.2. The van der Waals surface area contributed by atoms with Gasteiger partial charge in [0.2, 0.25) is 0 Å². The zero-order chi connectivity index (χ0) is 10.6. The van der Waals surface area contributed by atoms with Gasteiger partial charge in [0, 0.05) is 0 Å². The number of aliphatic carboxylic acids is 1. The van der Waals surface area contributed by atoms with Gasteiger partial charge in [0.25, 0.3) is 0 Å². The molecule has 0 amide bonds. The second-order valence-corrected chi connectivity index (χ2v) is 3.91. The number of carboxylic acid groups (broad SMARTS) is 1. The molecule has 1 saturated carbocycles. The molecule has 82 valence electrons. The Bertz CT molecular complexity index is 204. The minimum atomic E-state index is -1.05. The summed E-state index contributed by atoms with van der Waals surface area (Å²) in [7, 11) is 0. The fourth-order valence-corrected chi connectivity index (χ4v) is 2.14. The molecule has 4 heteroatoms. The van der Waals surface area contributed by atoms with E-state index in [2.05, 4.69) is 0 Å². The first kappa shape index (κ1) is 11.5. The average Bonchev–Trinajstić information content (AvgIpc) is 2.16. The van der Waals surface area contributed by atoms with Gasteiger partial charge in [0.15, 0.2) is 5.60 Å². The van der Waals surface area contributed by atoms with Crippen LogP contribution in [-0.2, 0) is 9.53 Å². The molecular formula is C10H18O4. The average molecular weight is 202 g/mol. The summed E-state index contributed by atoms with van der Waals surface area (Å²) < 4.78 is 5.34. The van der Waals surface area contributed by atoms with Crippen LogP contribution in [0.3, 0.4) is 0 Å². The third kappa shape index (κ3) is 2.07. The van der Waals surface area contributed by atoms with Crippen molar-refractivity contribution >= 4 is 5.97 Å². The first-order valence-electron chi connectivity index (χ1n) is 5.11. The zero-order valence-corrected chi connectivity index (χ0v) is 8.53. The van der Waals surface area contributed by atoms with Crippen LogP contribution in [-0.4, -0.2) is 35.0 Å². The van der Waals surface area contributed by atoms with E-state index in [1.807, 2.05) is 6.92 Å². The molecule has 0 radical (unpaired) electrons. The highest BCUT2D eigenvalue weighted by molar-refractivity contribution is 5.78. The summed E-state index contributed by atoms with van der Waals surface area (Å²) in [6, 6.07) is 0. The lowest BCUT2D eigenvalue weighted by atomic mass is 9.76. The van der Waals surface area contributed by atoms with Crippen molar-refractivity contribution in [2.75, 3.05) is 13.2 Å². The molecule has 1 aliphatic carbocycles. The van der Waals surface area contributed by atoms with E-state index in [0.29, 0.717) is 6.42 Å². The fourth-order valence-electron chi connectivity index (χ4n) is 2.14. The number of hydrogen-bond donors (Lipinski definition) is 2. The number of carboxylic acids is 1. The van der Waals surface area contributed by atoms with E-state index in [1.54, 1.807) is 0 Å². The van der Waals surface area contributed by atoms with Crippen molar-refractivity contribution in [1.82, 2.24) is 0 Å². The molecule has 0 aliphatic heterocycles. The van der Waals surface area contributed by atoms with Crippen molar-refractivity contribution in [3.8, 4) is 0 Å². The number of carbonyl (C=O) groups is 1. The molecule has 0 aromatic rings. The summed E-state index contributed by atoms with van der Waals surface area (Å²) in [4.78, 5) is 11.2. The van der Waals surface area contributed by atoms with Crippen LogP contribution in [0.4, 0.5) is 0 Å². The van der Waals surface area contributed by atoms with Gasteiger partial charge >= 0.3 is 5.97 Å². The van der Waals surface area contributed by atoms with Crippen molar-refractivity contribution < 1.29 is 19.7 Å². The van der Waals surface area contributed by atoms with Gasteiger partial charge in [0.1, 0.15) is 0 Å². The minimum absolute atomic E-state index is 0.0281. The Morgan fingerprint density at radius 1 is 1.57 bits per heavy atom. The Kier molecular flexibility index (Phi) is 3.89. The lowest BCUT2D eigenvalue weighted by Gasteiger charge is -2.38. The van der Waals surface area contributed by atoms with E-state index in [4.69, 9.17) is 9.84 Å². The van der Waals surface area contributed by atoms with Crippen molar-refractivity contribution in [2.24, 2.45) is 5.92 Å². The highest BCUT2D eigenvalue weighted by Gasteiger charge is 2.46. The van der Waals surface area contributed by atoms with Crippen LogP contribution in [0.1, 0.15) is 32.6 Å². The lowest BCUT2D eigenvalue weighted by molar-refractivity contribution is -0.180. The van der Waals surface area contributed by atoms with Crippen molar-refractivity contribution in [1.29, 1.82) is 0 Å². The fraction of sp³-hybridized carbons (Fsp3) is 0.900. The molecule has 4 nitrogen and oxygen atoms in total. The van der Waals surface area contributed by atoms with Gasteiger partial charge in [-0.3, -0.25) is 0 Å². The standard InChI is InChI=1S/C10H18O4/c1-8-4-2-3-5-10(8,9(12)13)14-7-6-11/h8,11H,2-7H2,1H3,(H,12,13). The van der Waals surface area contributed by atoms with Crippen LogP contribution in [0.15, 0.2) is 0 Å². The number of aliphatic hydroxyl groups is 1. The van der Waals surface area contributed by atoms with Crippen LogP contribution < -0.4 is 0 Å². The van der Waals surface area contributed by atoms with Gasteiger partial charge in [0.05, 0.1) is 13.2 Å². The normalized spacial score (nSPS) is 32.9. The van der Waals surface area contributed by atoms with Crippen molar-refractivity contribution in [3.63, 3.8) is 0 Å². The van der Waals surface area contributed by atoms with E-state index in [-0.39, 0.29) is 19.1 Å². The van der Waals surface area contributed by atoms with Crippen molar-refractivity contribution in [3.05, 3.63) is 0 Å². The molecule has 0 spiro atoms. The molecular weight excluding hydrogens is 184 g/mol. The molecule has 2 N–H and O–H groups in total. The number of rotatable bonds is 4. The molecule has 0 saturated heterocycles.